The van der Waals surface area contributed by atoms with E-state index < -0.39 is 5.91 Å². The molecule has 1 saturated heterocycles. The van der Waals surface area contributed by atoms with Crippen molar-refractivity contribution in [3.63, 3.8) is 0 Å². The van der Waals surface area contributed by atoms with Gasteiger partial charge in [-0.3, -0.25) is 14.9 Å². The number of amides is 2. The lowest BCUT2D eigenvalue weighted by molar-refractivity contribution is -0.133. The van der Waals surface area contributed by atoms with Crippen LogP contribution in [0.15, 0.2) is 18.2 Å². The molecule has 3 N–H and O–H groups in total. The number of aryl methyl sites for hydroxylation is 1. The normalized spacial score (nSPS) is 14.8. The molecule has 3 rings (SSSR count). The first-order chi connectivity index (χ1) is 10.6. The van der Waals surface area contributed by atoms with Gasteiger partial charge in [0.1, 0.15) is 0 Å². The lowest BCUT2D eigenvalue weighted by atomic mass is 10.1. The second-order valence-electron chi connectivity index (χ2n) is 5.38. The van der Waals surface area contributed by atoms with Gasteiger partial charge in [0.05, 0.1) is 30.2 Å². The topological polar surface area (TPSA) is 99.2 Å². The van der Waals surface area contributed by atoms with Gasteiger partial charge in [0.2, 0.25) is 17.8 Å². The van der Waals surface area contributed by atoms with Crippen LogP contribution in [-0.2, 0) is 16.1 Å². The number of benzene rings is 1. The van der Waals surface area contributed by atoms with Crippen LogP contribution in [0.3, 0.4) is 0 Å². The van der Waals surface area contributed by atoms with Crippen LogP contribution < -0.4 is 11.1 Å². The number of imidazole rings is 1. The zero-order chi connectivity index (χ0) is 15.7. The molecular formula is C15H18N4O3. The molecule has 7 heteroatoms. The van der Waals surface area contributed by atoms with E-state index in [9.17, 15) is 9.59 Å². The van der Waals surface area contributed by atoms with E-state index in [0.717, 1.165) is 18.5 Å². The number of aromatic nitrogens is 2. The molecule has 116 valence electrons. The molecule has 2 heterocycles. The standard InChI is InChI=1S/C15H18N4O3/c1-2-5-19-12-4-3-9(13(16)20)6-11(12)17-15(19)18-14(21)10-7-22-8-10/h3-4,6,10H,2,5,7-8H2,1H3,(H2,16,20)(H,17,18,21). The molecule has 1 aromatic carbocycles. The molecule has 0 spiro atoms. The van der Waals surface area contributed by atoms with Crippen molar-refractivity contribution in [2.24, 2.45) is 11.7 Å². The predicted octanol–water partition coefficient (Wildman–Crippen LogP) is 1.13. The molecule has 2 aromatic rings. The average Bonchev–Trinajstić information content (AvgIpc) is 2.74. The zero-order valence-electron chi connectivity index (χ0n) is 12.3. The molecule has 0 radical (unpaired) electrons. The zero-order valence-corrected chi connectivity index (χ0v) is 12.3. The number of hydrogen-bond acceptors (Lipinski definition) is 4. The van der Waals surface area contributed by atoms with Crippen LogP contribution in [0.1, 0.15) is 23.7 Å². The molecular weight excluding hydrogens is 284 g/mol. The lowest BCUT2D eigenvalue weighted by Crippen LogP contribution is -2.38. The van der Waals surface area contributed by atoms with Crippen LogP contribution >= 0.6 is 0 Å². The van der Waals surface area contributed by atoms with E-state index in [2.05, 4.69) is 17.2 Å². The third-order valence-electron chi connectivity index (χ3n) is 3.72. The van der Waals surface area contributed by atoms with Gasteiger partial charge in [-0.2, -0.15) is 0 Å². The first kappa shape index (κ1) is 14.5. The monoisotopic (exact) mass is 302 g/mol. The summed E-state index contributed by atoms with van der Waals surface area (Å²) < 4.78 is 6.98. The van der Waals surface area contributed by atoms with E-state index in [1.807, 2.05) is 4.57 Å². The fourth-order valence-corrected chi connectivity index (χ4v) is 2.43. The molecule has 0 saturated carbocycles. The summed E-state index contributed by atoms with van der Waals surface area (Å²) in [7, 11) is 0. The van der Waals surface area contributed by atoms with Crippen molar-refractivity contribution in [1.82, 2.24) is 9.55 Å². The Kier molecular flexibility index (Phi) is 3.81. The largest absolute Gasteiger partial charge is 0.380 e. The van der Waals surface area contributed by atoms with Crippen molar-refractivity contribution < 1.29 is 14.3 Å². The van der Waals surface area contributed by atoms with Crippen LogP contribution in [0, 0.1) is 5.92 Å². The van der Waals surface area contributed by atoms with Gasteiger partial charge in [0.15, 0.2) is 0 Å². The molecule has 1 aromatic heterocycles. The smallest absolute Gasteiger partial charge is 0.248 e. The summed E-state index contributed by atoms with van der Waals surface area (Å²) in [4.78, 5) is 27.8. The van der Waals surface area contributed by atoms with Gasteiger partial charge in [-0.25, -0.2) is 4.98 Å². The maximum atomic E-state index is 12.1. The molecule has 1 aliphatic rings. The van der Waals surface area contributed by atoms with E-state index in [1.54, 1.807) is 18.2 Å². The second kappa shape index (κ2) is 5.76. The number of carbonyl (C=O) groups excluding carboxylic acids is 2. The van der Waals surface area contributed by atoms with E-state index in [0.29, 0.717) is 30.2 Å². The molecule has 1 fully saturated rings. The van der Waals surface area contributed by atoms with E-state index in [1.165, 1.54) is 0 Å². The van der Waals surface area contributed by atoms with Gasteiger partial charge in [0.25, 0.3) is 0 Å². The molecule has 22 heavy (non-hydrogen) atoms. The van der Waals surface area contributed by atoms with Gasteiger partial charge >= 0.3 is 0 Å². The maximum Gasteiger partial charge on any atom is 0.248 e. The molecule has 7 nitrogen and oxygen atoms in total. The summed E-state index contributed by atoms with van der Waals surface area (Å²) in [5, 5.41) is 2.85. The minimum atomic E-state index is -0.496. The minimum Gasteiger partial charge on any atom is -0.380 e. The highest BCUT2D eigenvalue weighted by Gasteiger charge is 2.27. The summed E-state index contributed by atoms with van der Waals surface area (Å²) in [6.45, 7) is 3.68. The summed E-state index contributed by atoms with van der Waals surface area (Å²) in [6, 6.07) is 5.12. The highest BCUT2D eigenvalue weighted by atomic mass is 16.5. The number of ether oxygens (including phenoxy) is 1. The van der Waals surface area contributed by atoms with Crippen molar-refractivity contribution in [2.45, 2.75) is 19.9 Å². The molecule has 1 aliphatic heterocycles. The minimum absolute atomic E-state index is 0.0889. The van der Waals surface area contributed by atoms with Crippen LogP contribution in [0.4, 0.5) is 5.95 Å². The lowest BCUT2D eigenvalue weighted by Gasteiger charge is -2.24. The summed E-state index contributed by atoms with van der Waals surface area (Å²) >= 11 is 0. The van der Waals surface area contributed by atoms with Gasteiger partial charge in [-0.15, -0.1) is 0 Å². The third kappa shape index (κ3) is 2.55. The number of nitrogens with zero attached hydrogens (tertiary/aromatic N) is 2. The Labute approximate surface area is 127 Å². The van der Waals surface area contributed by atoms with Crippen LogP contribution in [0.2, 0.25) is 0 Å². The van der Waals surface area contributed by atoms with E-state index >= 15 is 0 Å². The first-order valence-corrected chi connectivity index (χ1v) is 7.29. The fourth-order valence-electron chi connectivity index (χ4n) is 2.43. The van der Waals surface area contributed by atoms with Crippen LogP contribution in [0.25, 0.3) is 11.0 Å². The highest BCUT2D eigenvalue weighted by molar-refractivity contribution is 5.98. The number of carbonyl (C=O) groups is 2. The SMILES string of the molecule is CCCn1c(NC(=O)C2COC2)nc2cc(C(N)=O)ccc21. The van der Waals surface area contributed by atoms with Crippen LogP contribution in [-0.4, -0.2) is 34.6 Å². The van der Waals surface area contributed by atoms with Crippen molar-refractivity contribution >= 4 is 28.8 Å². The average molecular weight is 302 g/mol. The van der Waals surface area contributed by atoms with Crippen LogP contribution in [0.5, 0.6) is 0 Å². The Morgan fingerprint density at radius 3 is 2.82 bits per heavy atom. The van der Waals surface area contributed by atoms with Gasteiger partial charge < -0.3 is 15.0 Å². The first-order valence-electron chi connectivity index (χ1n) is 7.29. The number of nitrogens with one attached hydrogen (secondary N) is 1. The molecule has 0 atom stereocenters. The number of primary amides is 1. The van der Waals surface area contributed by atoms with E-state index in [-0.39, 0.29) is 11.8 Å². The van der Waals surface area contributed by atoms with Crippen molar-refractivity contribution in [3.05, 3.63) is 23.8 Å². The summed E-state index contributed by atoms with van der Waals surface area (Å²) in [5.41, 5.74) is 7.21. The molecule has 0 unspecified atom stereocenters. The number of hydrogen-bond donors (Lipinski definition) is 2. The number of nitrogens with two attached hydrogens (primary N) is 1. The van der Waals surface area contributed by atoms with Gasteiger partial charge in [0, 0.05) is 12.1 Å². The second-order valence-corrected chi connectivity index (χ2v) is 5.38. The van der Waals surface area contributed by atoms with Crippen molar-refractivity contribution in [3.8, 4) is 0 Å². The Morgan fingerprint density at radius 1 is 1.45 bits per heavy atom. The number of fused-ring (bicyclic) bond motifs is 1. The Balaban J connectivity index is 1.97. The Bertz CT molecular complexity index is 734. The third-order valence-corrected chi connectivity index (χ3v) is 3.72. The molecule has 0 bridgehead atoms. The van der Waals surface area contributed by atoms with Gasteiger partial charge in [-0.1, -0.05) is 6.92 Å². The Morgan fingerprint density at radius 2 is 2.23 bits per heavy atom. The number of rotatable bonds is 5. The predicted molar refractivity (Wildman–Crippen MR) is 81.5 cm³/mol. The quantitative estimate of drug-likeness (QED) is 0.864. The molecule has 2 amide bonds. The van der Waals surface area contributed by atoms with Crippen molar-refractivity contribution in [1.29, 1.82) is 0 Å². The van der Waals surface area contributed by atoms with Crippen molar-refractivity contribution in [2.75, 3.05) is 18.5 Å². The van der Waals surface area contributed by atoms with Gasteiger partial charge in [-0.05, 0) is 24.6 Å². The van der Waals surface area contributed by atoms with E-state index in [4.69, 9.17) is 10.5 Å². The molecule has 0 aliphatic carbocycles. The summed E-state index contributed by atoms with van der Waals surface area (Å²) in [6.07, 6.45) is 0.901. The summed E-state index contributed by atoms with van der Waals surface area (Å²) in [5.74, 6) is -0.204. The highest BCUT2D eigenvalue weighted by Crippen LogP contribution is 2.23. The maximum absolute atomic E-state index is 12.1. The Hall–Kier alpha value is -2.41. The fraction of sp³-hybridized carbons (Fsp3) is 0.400. The number of anilines is 1.